The highest BCUT2D eigenvalue weighted by Gasteiger charge is 2.48. The minimum Gasteiger partial charge on any atom is -0.326 e. The van der Waals surface area contributed by atoms with E-state index in [0.717, 1.165) is 23.7 Å². The van der Waals surface area contributed by atoms with Crippen LogP contribution in [0.5, 0.6) is 0 Å². The molecule has 2 aromatic rings. The van der Waals surface area contributed by atoms with Gasteiger partial charge in [-0.3, -0.25) is 9.59 Å². The van der Waals surface area contributed by atoms with E-state index in [0.29, 0.717) is 18.5 Å². The predicted octanol–water partition coefficient (Wildman–Crippen LogP) is 4.31. The number of carbonyl (C=O) groups excluding carboxylic acids is 2. The summed E-state index contributed by atoms with van der Waals surface area (Å²) >= 11 is 1.18. The lowest BCUT2D eigenvalue weighted by molar-refractivity contribution is -0.145. The summed E-state index contributed by atoms with van der Waals surface area (Å²) in [4.78, 5) is 27.9. The number of amides is 2. The second-order valence-corrected chi connectivity index (χ2v) is 7.78. The Bertz CT molecular complexity index is 872. The third-order valence-electron chi connectivity index (χ3n) is 4.69. The normalized spacial score (nSPS) is 14.6. The molecule has 8 heteroatoms. The van der Waals surface area contributed by atoms with Crippen molar-refractivity contribution in [1.82, 2.24) is 4.98 Å². The molecule has 1 aromatic carbocycles. The zero-order chi connectivity index (χ0) is 19.1. The number of nitrogens with one attached hydrogen (secondary N) is 2. The number of rotatable bonds is 4. The quantitative estimate of drug-likeness (QED) is 0.831. The zero-order valence-corrected chi connectivity index (χ0v) is 15.5. The van der Waals surface area contributed by atoms with Gasteiger partial charge in [0.15, 0.2) is 5.13 Å². The first-order chi connectivity index (χ1) is 12.1. The van der Waals surface area contributed by atoms with Gasteiger partial charge in [-0.1, -0.05) is 6.07 Å². The zero-order valence-electron chi connectivity index (χ0n) is 14.7. The number of anilines is 2. The number of hydrogen-bond donors (Lipinski definition) is 2. The standard InChI is InChI=1S/C18H19F2N3O2S/c1-17(2,18(3,19)20)15(25)23-16-22-13(9-26-16)11-4-6-12-10(8-11)5-7-14(24)21-12/h4,6,8-9H,5,7H2,1-3H3,(H,21,24)(H,22,23,25). The highest BCUT2D eigenvalue weighted by atomic mass is 32.1. The molecule has 1 aliphatic heterocycles. The van der Waals surface area contributed by atoms with Gasteiger partial charge in [0.2, 0.25) is 11.8 Å². The monoisotopic (exact) mass is 379 g/mol. The summed E-state index contributed by atoms with van der Waals surface area (Å²) in [6.07, 6.45) is 1.09. The molecule has 26 heavy (non-hydrogen) atoms. The molecule has 138 valence electrons. The molecule has 3 rings (SSSR count). The number of thiazole rings is 1. The third kappa shape index (κ3) is 3.46. The largest absolute Gasteiger partial charge is 0.326 e. The first-order valence-corrected chi connectivity index (χ1v) is 9.04. The average molecular weight is 379 g/mol. The smallest absolute Gasteiger partial charge is 0.259 e. The Morgan fingerprint density at radius 1 is 1.27 bits per heavy atom. The number of aromatic nitrogens is 1. The average Bonchev–Trinajstić information content (AvgIpc) is 3.01. The van der Waals surface area contributed by atoms with Crippen LogP contribution >= 0.6 is 11.3 Å². The number of halogens is 2. The topological polar surface area (TPSA) is 71.1 Å². The van der Waals surface area contributed by atoms with Crippen LogP contribution in [0.4, 0.5) is 19.6 Å². The van der Waals surface area contributed by atoms with Crippen molar-refractivity contribution >= 4 is 34.0 Å². The molecule has 2 amide bonds. The summed E-state index contributed by atoms with van der Waals surface area (Å²) in [6.45, 7) is 3.13. The number of fused-ring (bicyclic) bond motifs is 1. The van der Waals surface area contributed by atoms with Crippen molar-refractivity contribution < 1.29 is 18.4 Å². The number of benzene rings is 1. The minimum atomic E-state index is -3.15. The van der Waals surface area contributed by atoms with Crippen LogP contribution in [0.15, 0.2) is 23.6 Å². The Morgan fingerprint density at radius 3 is 2.69 bits per heavy atom. The molecule has 2 N–H and O–H groups in total. The SMILES string of the molecule is CC(F)(F)C(C)(C)C(=O)Nc1nc(-c2ccc3c(c2)CCC(=O)N3)cs1. The first-order valence-electron chi connectivity index (χ1n) is 8.16. The van der Waals surface area contributed by atoms with Crippen LogP contribution in [-0.4, -0.2) is 22.7 Å². The van der Waals surface area contributed by atoms with Crippen molar-refractivity contribution in [3.8, 4) is 11.3 Å². The van der Waals surface area contributed by atoms with Gasteiger partial charge in [0, 0.05) is 30.0 Å². The Kier molecular flexibility index (Phi) is 4.56. The maximum Gasteiger partial charge on any atom is 0.259 e. The third-order valence-corrected chi connectivity index (χ3v) is 5.44. The van der Waals surface area contributed by atoms with E-state index in [-0.39, 0.29) is 11.0 Å². The molecule has 2 heterocycles. The number of carbonyl (C=O) groups is 2. The van der Waals surface area contributed by atoms with Crippen LogP contribution in [0.2, 0.25) is 0 Å². The van der Waals surface area contributed by atoms with Gasteiger partial charge in [0.05, 0.1) is 5.69 Å². The van der Waals surface area contributed by atoms with Crippen molar-refractivity contribution in [3.63, 3.8) is 0 Å². The lowest BCUT2D eigenvalue weighted by Gasteiger charge is -2.29. The van der Waals surface area contributed by atoms with Crippen molar-refractivity contribution in [1.29, 1.82) is 0 Å². The molecule has 5 nitrogen and oxygen atoms in total. The van der Waals surface area contributed by atoms with Crippen molar-refractivity contribution in [3.05, 3.63) is 29.1 Å². The Labute approximate surface area is 153 Å². The minimum absolute atomic E-state index is 0.000697. The number of aryl methyl sites for hydroxylation is 1. The Morgan fingerprint density at radius 2 is 2.00 bits per heavy atom. The second-order valence-electron chi connectivity index (χ2n) is 6.93. The molecular weight excluding hydrogens is 360 g/mol. The lowest BCUT2D eigenvalue weighted by atomic mass is 9.85. The molecule has 0 spiro atoms. The molecule has 0 aliphatic carbocycles. The van der Waals surface area contributed by atoms with Crippen LogP contribution in [0.3, 0.4) is 0 Å². The van der Waals surface area contributed by atoms with E-state index in [4.69, 9.17) is 0 Å². The van der Waals surface area contributed by atoms with Gasteiger partial charge in [0.25, 0.3) is 5.92 Å². The van der Waals surface area contributed by atoms with Gasteiger partial charge in [0.1, 0.15) is 5.41 Å². The molecule has 0 saturated carbocycles. The first kappa shape index (κ1) is 18.4. The summed E-state index contributed by atoms with van der Waals surface area (Å²) < 4.78 is 27.2. The van der Waals surface area contributed by atoms with Crippen molar-refractivity contribution in [2.45, 2.75) is 39.5 Å². The maximum atomic E-state index is 13.6. The highest BCUT2D eigenvalue weighted by Crippen LogP contribution is 2.37. The summed E-state index contributed by atoms with van der Waals surface area (Å²) in [6, 6.07) is 5.59. The van der Waals surface area contributed by atoms with E-state index >= 15 is 0 Å². The maximum absolute atomic E-state index is 13.6. The van der Waals surface area contributed by atoms with Gasteiger partial charge in [-0.25, -0.2) is 13.8 Å². The van der Waals surface area contributed by atoms with Gasteiger partial charge in [-0.05, 0) is 38.0 Å². The molecular formula is C18H19F2N3O2S. The summed E-state index contributed by atoms with van der Waals surface area (Å²) in [5.74, 6) is -3.93. The Balaban J connectivity index is 1.78. The van der Waals surface area contributed by atoms with Crippen LogP contribution in [0.25, 0.3) is 11.3 Å². The van der Waals surface area contributed by atoms with Crippen molar-refractivity contribution in [2.75, 3.05) is 10.6 Å². The van der Waals surface area contributed by atoms with Crippen LogP contribution < -0.4 is 10.6 Å². The fourth-order valence-corrected chi connectivity index (χ4v) is 3.17. The van der Waals surface area contributed by atoms with Gasteiger partial charge in [-0.15, -0.1) is 11.3 Å². The predicted molar refractivity (Wildman–Crippen MR) is 97.5 cm³/mol. The lowest BCUT2D eigenvalue weighted by Crippen LogP contribution is -2.44. The number of nitrogens with zero attached hydrogens (tertiary/aromatic N) is 1. The van der Waals surface area contributed by atoms with Crippen molar-refractivity contribution in [2.24, 2.45) is 5.41 Å². The second kappa shape index (κ2) is 6.42. The molecule has 0 unspecified atom stereocenters. The van der Waals surface area contributed by atoms with Gasteiger partial charge >= 0.3 is 0 Å². The summed E-state index contributed by atoms with van der Waals surface area (Å²) in [5.41, 5.74) is 1.46. The van der Waals surface area contributed by atoms with Gasteiger partial charge in [-0.2, -0.15) is 0 Å². The molecule has 0 fully saturated rings. The van der Waals surface area contributed by atoms with Crippen LogP contribution in [-0.2, 0) is 16.0 Å². The van der Waals surface area contributed by atoms with Gasteiger partial charge < -0.3 is 10.6 Å². The summed E-state index contributed by atoms with van der Waals surface area (Å²) in [5, 5.41) is 7.33. The molecule has 1 aliphatic rings. The fourth-order valence-electron chi connectivity index (χ4n) is 2.46. The van der Waals surface area contributed by atoms with E-state index < -0.39 is 17.2 Å². The van der Waals surface area contributed by atoms with E-state index in [1.54, 1.807) is 5.38 Å². The number of alkyl halides is 2. The molecule has 0 bridgehead atoms. The molecule has 1 aromatic heterocycles. The molecule has 0 atom stereocenters. The Hall–Kier alpha value is -2.35. The van der Waals surface area contributed by atoms with E-state index in [1.807, 2.05) is 18.2 Å². The highest BCUT2D eigenvalue weighted by molar-refractivity contribution is 7.14. The van der Waals surface area contributed by atoms with E-state index in [9.17, 15) is 18.4 Å². The molecule has 0 radical (unpaired) electrons. The summed E-state index contributed by atoms with van der Waals surface area (Å²) in [7, 11) is 0. The molecule has 0 saturated heterocycles. The number of hydrogen-bond acceptors (Lipinski definition) is 4. The van der Waals surface area contributed by atoms with E-state index in [2.05, 4.69) is 15.6 Å². The van der Waals surface area contributed by atoms with Crippen LogP contribution in [0.1, 0.15) is 32.8 Å². The van der Waals surface area contributed by atoms with Crippen LogP contribution in [0, 0.1) is 5.41 Å². The van der Waals surface area contributed by atoms with E-state index in [1.165, 1.54) is 25.2 Å². The fraction of sp³-hybridized carbons (Fsp3) is 0.389.